The summed E-state index contributed by atoms with van der Waals surface area (Å²) in [5.74, 6) is 1.81. The zero-order valence-corrected chi connectivity index (χ0v) is 35.6. The Morgan fingerprint density at radius 1 is 0.318 bits per heavy atom. The van der Waals surface area contributed by atoms with Gasteiger partial charge in [0.1, 0.15) is 11.5 Å². The van der Waals surface area contributed by atoms with Gasteiger partial charge in [-0.25, -0.2) is 0 Å². The van der Waals surface area contributed by atoms with Crippen molar-refractivity contribution in [3.8, 4) is 45.1 Å². The molecule has 0 saturated carbocycles. The zero-order chi connectivity index (χ0) is 42.8. The first-order valence-corrected chi connectivity index (χ1v) is 23.0. The van der Waals surface area contributed by atoms with Crippen LogP contribution in [0.1, 0.15) is 0 Å². The van der Waals surface area contributed by atoms with Crippen LogP contribution in [0.5, 0.6) is 11.5 Å². The van der Waals surface area contributed by atoms with Gasteiger partial charge in [-0.3, -0.25) is 0 Å². The molecule has 4 nitrogen and oxygen atoms in total. The van der Waals surface area contributed by atoms with E-state index in [4.69, 9.17) is 4.74 Å². The van der Waals surface area contributed by atoms with Crippen molar-refractivity contribution in [2.24, 2.45) is 0 Å². The second-order valence-electron chi connectivity index (χ2n) is 18.3. The van der Waals surface area contributed by atoms with Crippen LogP contribution in [-0.4, -0.2) is 22.6 Å². The Labute approximate surface area is 381 Å². The van der Waals surface area contributed by atoms with E-state index in [1.54, 1.807) is 0 Å². The molecular formula is C60H35B2N3O. The first kappa shape index (κ1) is 34.9. The van der Waals surface area contributed by atoms with Crippen LogP contribution in [0.3, 0.4) is 0 Å². The molecule has 2 aromatic heterocycles. The van der Waals surface area contributed by atoms with Crippen LogP contribution in [0.15, 0.2) is 212 Å². The van der Waals surface area contributed by atoms with Crippen molar-refractivity contribution in [3.05, 3.63) is 212 Å². The number of rotatable bonds is 3. The summed E-state index contributed by atoms with van der Waals surface area (Å²) in [6.07, 6.45) is 0. The Hall–Kier alpha value is -8.47. The van der Waals surface area contributed by atoms with Crippen LogP contribution in [0, 0.1) is 0 Å². The van der Waals surface area contributed by atoms with E-state index >= 15 is 0 Å². The third kappa shape index (κ3) is 4.41. The monoisotopic (exact) mass is 835 g/mol. The molecular weight excluding hydrogens is 800 g/mol. The molecule has 302 valence electrons. The van der Waals surface area contributed by atoms with E-state index in [1.807, 2.05) is 0 Å². The second-order valence-corrected chi connectivity index (χ2v) is 18.3. The molecule has 0 spiro atoms. The van der Waals surface area contributed by atoms with Crippen LogP contribution >= 0.6 is 0 Å². The van der Waals surface area contributed by atoms with Gasteiger partial charge in [0.25, 0.3) is 13.4 Å². The lowest BCUT2D eigenvalue weighted by atomic mass is 9.31. The molecule has 0 saturated heterocycles. The first-order valence-electron chi connectivity index (χ1n) is 23.0. The fourth-order valence-corrected chi connectivity index (χ4v) is 12.5. The number of benzene rings is 10. The summed E-state index contributed by atoms with van der Waals surface area (Å²) in [5.41, 5.74) is 23.2. The SMILES string of the molecule is c1ccc(-c2cc3c4c(c2)-n2c5ccccc5c5cccc(c52)B4c2cc4c(cc2O3)N(c2ccccc2)c2cc(-c3ccccc3)cc3c2B4c2cccc4c5ccccc5n-3c24)cc1. The van der Waals surface area contributed by atoms with Crippen molar-refractivity contribution >= 4 is 107 Å². The molecule has 4 aliphatic rings. The van der Waals surface area contributed by atoms with Crippen molar-refractivity contribution in [2.75, 3.05) is 4.90 Å². The summed E-state index contributed by atoms with van der Waals surface area (Å²) in [7, 11) is 0. The summed E-state index contributed by atoms with van der Waals surface area (Å²) in [5, 5.41) is 5.10. The Kier molecular flexibility index (Phi) is 6.68. The Bertz CT molecular complexity index is 4100. The number of ether oxygens (including phenoxy) is 1. The number of aromatic nitrogens is 2. The van der Waals surface area contributed by atoms with Gasteiger partial charge in [-0.1, -0.05) is 158 Å². The van der Waals surface area contributed by atoms with Gasteiger partial charge in [0, 0.05) is 67.1 Å². The number of nitrogens with zero attached hydrogens (tertiary/aromatic N) is 3. The fourth-order valence-electron chi connectivity index (χ4n) is 12.5. The normalized spacial score (nSPS) is 13.5. The van der Waals surface area contributed by atoms with E-state index in [1.165, 1.54) is 110 Å². The molecule has 16 rings (SSSR count). The summed E-state index contributed by atoms with van der Waals surface area (Å²) in [4.78, 5) is 2.51. The summed E-state index contributed by atoms with van der Waals surface area (Å²) < 4.78 is 12.5. The van der Waals surface area contributed by atoms with E-state index in [0.717, 1.165) is 28.4 Å². The number of anilines is 3. The molecule has 10 aromatic carbocycles. The predicted octanol–water partition coefficient (Wildman–Crippen LogP) is 10.8. The number of fused-ring (bicyclic) bond motifs is 14. The maximum absolute atomic E-state index is 7.43. The summed E-state index contributed by atoms with van der Waals surface area (Å²) >= 11 is 0. The van der Waals surface area contributed by atoms with Gasteiger partial charge in [-0.2, -0.15) is 0 Å². The van der Waals surface area contributed by atoms with Gasteiger partial charge in [-0.05, 0) is 104 Å². The summed E-state index contributed by atoms with van der Waals surface area (Å²) in [6.45, 7) is -0.0838. The highest BCUT2D eigenvalue weighted by Crippen LogP contribution is 2.46. The van der Waals surface area contributed by atoms with Crippen molar-refractivity contribution in [1.29, 1.82) is 0 Å². The smallest absolute Gasteiger partial charge is 0.256 e. The Morgan fingerprint density at radius 3 is 1.44 bits per heavy atom. The molecule has 0 fully saturated rings. The predicted molar refractivity (Wildman–Crippen MR) is 277 cm³/mol. The topological polar surface area (TPSA) is 22.3 Å². The quantitative estimate of drug-likeness (QED) is 0.166. The lowest BCUT2D eigenvalue weighted by Gasteiger charge is -2.42. The average Bonchev–Trinajstić information content (AvgIpc) is 3.91. The lowest BCUT2D eigenvalue weighted by molar-refractivity contribution is 0.487. The maximum Gasteiger partial charge on any atom is 0.256 e. The van der Waals surface area contributed by atoms with Crippen molar-refractivity contribution in [1.82, 2.24) is 9.13 Å². The summed E-state index contributed by atoms with van der Waals surface area (Å²) in [6, 6.07) is 78.8. The molecule has 0 N–H and O–H groups in total. The third-order valence-electron chi connectivity index (χ3n) is 15.1. The van der Waals surface area contributed by atoms with Crippen molar-refractivity contribution in [2.45, 2.75) is 0 Å². The van der Waals surface area contributed by atoms with E-state index in [-0.39, 0.29) is 13.4 Å². The molecule has 4 aliphatic heterocycles. The molecule has 0 bridgehead atoms. The highest BCUT2D eigenvalue weighted by molar-refractivity contribution is 7.02. The van der Waals surface area contributed by atoms with Crippen molar-refractivity contribution in [3.63, 3.8) is 0 Å². The largest absolute Gasteiger partial charge is 0.458 e. The van der Waals surface area contributed by atoms with E-state index in [9.17, 15) is 0 Å². The molecule has 6 heterocycles. The van der Waals surface area contributed by atoms with Crippen LogP contribution in [0.4, 0.5) is 17.1 Å². The molecule has 0 unspecified atom stereocenters. The second kappa shape index (κ2) is 12.6. The van der Waals surface area contributed by atoms with Crippen molar-refractivity contribution < 1.29 is 4.74 Å². The van der Waals surface area contributed by atoms with Gasteiger partial charge in [0.2, 0.25) is 0 Å². The van der Waals surface area contributed by atoms with Gasteiger partial charge in [0.15, 0.2) is 0 Å². The average molecular weight is 836 g/mol. The van der Waals surface area contributed by atoms with Crippen LogP contribution in [0.2, 0.25) is 0 Å². The number of para-hydroxylation sites is 5. The molecule has 66 heavy (non-hydrogen) atoms. The standard InChI is InChI=1S/C60H35B2N3O/c1-4-16-36(17-5-1)38-30-52-57-53(31-38)64-49-28-12-10-22-41(49)43-24-14-26-45(59(43)64)61(57)47-34-48-55(35-51(47)63(52)40-20-8-3-9-21-40)66-56-33-39(37-18-6-2-7-19-37)32-54-58(56)62(48)46-27-15-25-44-42-23-11-13-29-50(42)65(54)60(44)46/h1-35H. The van der Waals surface area contributed by atoms with E-state index in [2.05, 4.69) is 226 Å². The van der Waals surface area contributed by atoms with Crippen LogP contribution in [-0.2, 0) is 0 Å². The van der Waals surface area contributed by atoms with Gasteiger partial charge >= 0.3 is 0 Å². The van der Waals surface area contributed by atoms with E-state index in [0.29, 0.717) is 0 Å². The molecule has 0 atom stereocenters. The Morgan fingerprint density at radius 2 is 0.818 bits per heavy atom. The lowest BCUT2D eigenvalue weighted by Crippen LogP contribution is -2.63. The van der Waals surface area contributed by atoms with Gasteiger partial charge < -0.3 is 18.8 Å². The molecule has 0 aliphatic carbocycles. The van der Waals surface area contributed by atoms with E-state index < -0.39 is 0 Å². The highest BCUT2D eigenvalue weighted by Gasteiger charge is 2.46. The van der Waals surface area contributed by atoms with Crippen LogP contribution in [0.25, 0.3) is 77.2 Å². The van der Waals surface area contributed by atoms with Gasteiger partial charge in [0.05, 0.1) is 11.0 Å². The molecule has 12 aromatic rings. The molecule has 6 heteroatoms. The third-order valence-corrected chi connectivity index (χ3v) is 15.1. The zero-order valence-electron chi connectivity index (χ0n) is 35.6. The van der Waals surface area contributed by atoms with Crippen LogP contribution < -0.4 is 42.4 Å². The fraction of sp³-hybridized carbons (Fsp3) is 0. The molecule has 0 amide bonds. The maximum atomic E-state index is 7.43. The minimum absolute atomic E-state index is 0.0345. The minimum Gasteiger partial charge on any atom is -0.458 e. The number of hydrogen-bond acceptors (Lipinski definition) is 2. The first-order chi connectivity index (χ1) is 32.8. The highest BCUT2D eigenvalue weighted by atomic mass is 16.5. The minimum atomic E-state index is -0.0493. The Balaban J connectivity index is 1.04. The van der Waals surface area contributed by atoms with Gasteiger partial charge in [-0.15, -0.1) is 0 Å². The molecule has 0 radical (unpaired) electrons. The number of hydrogen-bond donors (Lipinski definition) is 0.